The van der Waals surface area contributed by atoms with Crippen molar-refractivity contribution in [3.8, 4) is 10.7 Å². The van der Waals surface area contributed by atoms with Crippen molar-refractivity contribution in [3.63, 3.8) is 0 Å². The van der Waals surface area contributed by atoms with E-state index in [0.29, 0.717) is 30.9 Å². The number of thiophene rings is 1. The molecule has 0 aromatic carbocycles. The first-order valence-corrected chi connectivity index (χ1v) is 7.75. The quantitative estimate of drug-likeness (QED) is 0.908. The lowest BCUT2D eigenvalue weighted by atomic mass is 10.1. The first kappa shape index (κ1) is 15.8. The van der Waals surface area contributed by atoms with Gasteiger partial charge in [0.25, 0.3) is 0 Å². The van der Waals surface area contributed by atoms with Gasteiger partial charge in [0.15, 0.2) is 0 Å². The van der Waals surface area contributed by atoms with Gasteiger partial charge in [-0.1, -0.05) is 5.16 Å². The van der Waals surface area contributed by atoms with Crippen molar-refractivity contribution < 1.29 is 22.5 Å². The van der Waals surface area contributed by atoms with Crippen molar-refractivity contribution in [2.75, 3.05) is 13.1 Å². The fourth-order valence-electron chi connectivity index (χ4n) is 2.32. The van der Waals surface area contributed by atoms with Crippen molar-refractivity contribution in [2.45, 2.75) is 26.1 Å². The predicted molar refractivity (Wildman–Crippen MR) is 75.8 cm³/mol. The van der Waals surface area contributed by atoms with Crippen LogP contribution in [0.2, 0.25) is 0 Å². The van der Waals surface area contributed by atoms with Crippen LogP contribution >= 0.6 is 11.3 Å². The fourth-order valence-corrected chi connectivity index (χ4v) is 3.41. The monoisotopic (exact) mass is 346 g/mol. The van der Waals surface area contributed by atoms with Gasteiger partial charge in [-0.2, -0.15) is 18.2 Å². The summed E-state index contributed by atoms with van der Waals surface area (Å²) in [5, 5.41) is 6.12. The minimum absolute atomic E-state index is 0.0821. The van der Waals surface area contributed by atoms with Crippen molar-refractivity contribution >= 4 is 17.4 Å². The Kier molecular flexibility index (Phi) is 4.00. The molecule has 2 amide bonds. The molecule has 124 valence electrons. The topological polar surface area (TPSA) is 71.3 Å². The lowest BCUT2D eigenvalue weighted by Crippen LogP contribution is -2.42. The maximum atomic E-state index is 12.5. The number of urea groups is 1. The fraction of sp³-hybridized carbons (Fsp3) is 0.462. The van der Waals surface area contributed by atoms with Crippen LogP contribution in [0, 0.1) is 0 Å². The minimum atomic E-state index is -4.66. The van der Waals surface area contributed by atoms with Crippen LogP contribution in [0.1, 0.15) is 23.3 Å². The van der Waals surface area contributed by atoms with E-state index >= 15 is 0 Å². The number of fused-ring (bicyclic) bond motifs is 1. The highest BCUT2D eigenvalue weighted by molar-refractivity contribution is 7.15. The molecule has 0 fully saturated rings. The van der Waals surface area contributed by atoms with Gasteiger partial charge in [0.05, 0.1) is 4.88 Å². The zero-order valence-corrected chi connectivity index (χ0v) is 12.9. The van der Waals surface area contributed by atoms with Gasteiger partial charge in [-0.05, 0) is 25.0 Å². The number of nitrogens with one attached hydrogen (secondary N) is 1. The molecule has 0 saturated carbocycles. The van der Waals surface area contributed by atoms with Crippen LogP contribution in [0.5, 0.6) is 0 Å². The highest BCUT2D eigenvalue weighted by atomic mass is 32.1. The zero-order chi connectivity index (χ0) is 16.6. The van der Waals surface area contributed by atoms with Crippen LogP contribution in [0.4, 0.5) is 18.0 Å². The average molecular weight is 346 g/mol. The molecule has 0 radical (unpaired) electrons. The third-order valence-electron chi connectivity index (χ3n) is 3.37. The summed E-state index contributed by atoms with van der Waals surface area (Å²) < 4.78 is 41.8. The summed E-state index contributed by atoms with van der Waals surface area (Å²) in [5.74, 6) is -1.44. The minimum Gasteiger partial charge on any atom is -0.338 e. The Labute approximate surface area is 133 Å². The third-order valence-corrected chi connectivity index (χ3v) is 4.60. The van der Waals surface area contributed by atoms with Crippen LogP contribution < -0.4 is 5.32 Å². The molecule has 3 rings (SSSR count). The van der Waals surface area contributed by atoms with E-state index in [1.807, 2.05) is 6.92 Å². The molecule has 6 nitrogen and oxygen atoms in total. The Balaban J connectivity index is 1.81. The maximum Gasteiger partial charge on any atom is 0.471 e. The van der Waals surface area contributed by atoms with Crippen LogP contribution in [0.25, 0.3) is 10.7 Å². The smallest absolute Gasteiger partial charge is 0.338 e. The number of nitrogens with zero attached hydrogens (tertiary/aromatic N) is 3. The standard InChI is InChI=1S/C13H13F3N4O2S/c1-2-17-12(21)20-4-3-8-7(6-20)5-9(23-8)10-18-11(22-19-10)13(14,15)16/h5H,2-4,6H2,1H3,(H,17,21). The maximum absolute atomic E-state index is 12.5. The molecular formula is C13H13F3N4O2S. The number of carbonyl (C=O) groups is 1. The molecule has 0 atom stereocenters. The number of alkyl halides is 3. The highest BCUT2D eigenvalue weighted by Crippen LogP contribution is 2.35. The van der Waals surface area contributed by atoms with Crippen LogP contribution in [-0.2, 0) is 19.1 Å². The van der Waals surface area contributed by atoms with Crippen LogP contribution in [-0.4, -0.2) is 34.2 Å². The predicted octanol–water partition coefficient (Wildman–Crippen LogP) is 2.90. The SMILES string of the molecule is CCNC(=O)N1CCc2sc(-c3noc(C(F)(F)F)n3)cc2C1. The Morgan fingerprint density at radius 1 is 1.52 bits per heavy atom. The number of hydrogen-bond donors (Lipinski definition) is 1. The normalized spacial score (nSPS) is 14.7. The molecule has 0 spiro atoms. The van der Waals surface area contributed by atoms with E-state index in [2.05, 4.69) is 20.0 Å². The molecule has 10 heteroatoms. The van der Waals surface area contributed by atoms with Gasteiger partial charge >= 0.3 is 18.1 Å². The summed E-state index contributed by atoms with van der Waals surface area (Å²) in [6, 6.07) is 1.57. The molecule has 1 aliphatic heterocycles. The Bertz CT molecular complexity index is 725. The second-order valence-corrected chi connectivity index (χ2v) is 6.12. The summed E-state index contributed by atoms with van der Waals surface area (Å²) in [4.78, 5) is 18.4. The Hall–Kier alpha value is -2.10. The summed E-state index contributed by atoms with van der Waals surface area (Å²) in [6.45, 7) is 3.37. The third kappa shape index (κ3) is 3.16. The molecule has 2 aromatic rings. The highest BCUT2D eigenvalue weighted by Gasteiger charge is 2.38. The largest absolute Gasteiger partial charge is 0.471 e. The Morgan fingerprint density at radius 3 is 2.96 bits per heavy atom. The van der Waals surface area contributed by atoms with E-state index in [4.69, 9.17) is 0 Å². The summed E-state index contributed by atoms with van der Waals surface area (Å²) in [5.41, 5.74) is 0.904. The van der Waals surface area contributed by atoms with Gasteiger partial charge in [0.2, 0.25) is 5.82 Å². The van der Waals surface area contributed by atoms with E-state index in [-0.39, 0.29) is 11.9 Å². The molecule has 0 saturated heterocycles. The lowest BCUT2D eigenvalue weighted by molar-refractivity contribution is -0.159. The molecule has 1 N–H and O–H groups in total. The van der Waals surface area contributed by atoms with E-state index in [0.717, 1.165) is 10.4 Å². The molecule has 1 aliphatic rings. The summed E-state index contributed by atoms with van der Waals surface area (Å²) >= 11 is 1.33. The molecule has 0 aliphatic carbocycles. The molecule has 0 bridgehead atoms. The van der Waals surface area contributed by atoms with Crippen molar-refractivity contribution in [2.24, 2.45) is 0 Å². The van der Waals surface area contributed by atoms with Crippen LogP contribution in [0.3, 0.4) is 0 Å². The van der Waals surface area contributed by atoms with Gasteiger partial charge in [-0.15, -0.1) is 11.3 Å². The number of halogens is 3. The number of hydrogen-bond acceptors (Lipinski definition) is 5. The van der Waals surface area contributed by atoms with Crippen molar-refractivity contribution in [1.82, 2.24) is 20.4 Å². The zero-order valence-electron chi connectivity index (χ0n) is 12.1. The first-order chi connectivity index (χ1) is 10.9. The van der Waals surface area contributed by atoms with E-state index in [1.165, 1.54) is 11.3 Å². The van der Waals surface area contributed by atoms with Gasteiger partial charge in [-0.25, -0.2) is 4.79 Å². The molecule has 3 heterocycles. The van der Waals surface area contributed by atoms with Crippen molar-refractivity contribution in [3.05, 3.63) is 22.4 Å². The first-order valence-electron chi connectivity index (χ1n) is 6.94. The number of carbonyl (C=O) groups excluding carboxylic acids is 1. The van der Waals surface area contributed by atoms with Gasteiger partial charge in [0, 0.05) is 24.5 Å². The molecule has 0 unspecified atom stereocenters. The average Bonchev–Trinajstić information content (AvgIpc) is 3.12. The van der Waals surface area contributed by atoms with E-state index in [9.17, 15) is 18.0 Å². The van der Waals surface area contributed by atoms with Crippen LogP contribution in [0.15, 0.2) is 10.6 Å². The van der Waals surface area contributed by atoms with E-state index in [1.54, 1.807) is 11.0 Å². The van der Waals surface area contributed by atoms with Gasteiger partial charge in [0.1, 0.15) is 0 Å². The molecule has 23 heavy (non-hydrogen) atoms. The Morgan fingerprint density at radius 2 is 2.30 bits per heavy atom. The molecule has 2 aromatic heterocycles. The van der Waals surface area contributed by atoms with Crippen molar-refractivity contribution in [1.29, 1.82) is 0 Å². The second-order valence-electron chi connectivity index (χ2n) is 4.99. The number of rotatable bonds is 2. The lowest BCUT2D eigenvalue weighted by Gasteiger charge is -2.26. The number of aromatic nitrogens is 2. The van der Waals surface area contributed by atoms with Gasteiger partial charge < -0.3 is 14.7 Å². The van der Waals surface area contributed by atoms with Gasteiger partial charge in [-0.3, -0.25) is 0 Å². The van der Waals surface area contributed by atoms with E-state index < -0.39 is 12.1 Å². The summed E-state index contributed by atoms with van der Waals surface area (Å²) in [7, 11) is 0. The number of amides is 2. The second kappa shape index (κ2) is 5.84. The summed E-state index contributed by atoms with van der Waals surface area (Å²) in [6.07, 6.45) is -4.00. The molecular weight excluding hydrogens is 333 g/mol.